The minimum atomic E-state index is -1.11. The highest BCUT2D eigenvalue weighted by Crippen LogP contribution is 2.41. The summed E-state index contributed by atoms with van der Waals surface area (Å²) in [5.74, 6) is 0.936. The zero-order valence-electron chi connectivity index (χ0n) is 38.4. The van der Waals surface area contributed by atoms with Crippen LogP contribution in [0.5, 0.6) is 5.75 Å². The van der Waals surface area contributed by atoms with Gasteiger partial charge in [-0.25, -0.2) is 9.37 Å². The van der Waals surface area contributed by atoms with Gasteiger partial charge >= 0.3 is 0 Å². The Hall–Kier alpha value is -5.29. The van der Waals surface area contributed by atoms with E-state index >= 15 is 4.39 Å². The summed E-state index contributed by atoms with van der Waals surface area (Å²) in [6.45, 7) is 10.9. The number of carbonyl (C=O) groups excluding carboxylic acids is 3. The quantitative estimate of drug-likeness (QED) is 0.0672. The summed E-state index contributed by atoms with van der Waals surface area (Å²) in [7, 11) is 5.19. The number of halogens is 1. The molecule has 17 heteroatoms. The first-order valence-corrected chi connectivity index (χ1v) is 23.7. The maximum atomic E-state index is 15.8. The van der Waals surface area contributed by atoms with Gasteiger partial charge in [0.25, 0.3) is 0 Å². The number of thioether (sulfide) groups is 1. The van der Waals surface area contributed by atoms with Gasteiger partial charge in [-0.15, -0.1) is 16.9 Å². The number of aromatic amines is 1. The number of amides is 2. The number of alkyl halides is 1. The molecule has 5 atom stereocenters. The van der Waals surface area contributed by atoms with Crippen LogP contribution in [-0.2, 0) is 14.4 Å². The molecular weight excluding hydrogens is 834 g/mol. The fraction of sp³-hybridized carbons (Fsp3) is 0.553. The molecule has 4 aromatic rings. The third-order valence-corrected chi connectivity index (χ3v) is 13.3. The number of likely N-dealkylation sites (tertiary alicyclic amines) is 1. The zero-order chi connectivity index (χ0) is 45.8. The third kappa shape index (κ3) is 12.1. The van der Waals surface area contributed by atoms with Gasteiger partial charge in [-0.3, -0.25) is 19.6 Å². The number of H-pyrrole nitrogens is 1. The molecule has 346 valence electrons. The first-order valence-electron chi connectivity index (χ1n) is 22.7. The van der Waals surface area contributed by atoms with Crippen molar-refractivity contribution in [2.45, 2.75) is 126 Å². The second-order valence-electron chi connectivity index (χ2n) is 17.2. The summed E-state index contributed by atoms with van der Waals surface area (Å²) in [5, 5.41) is 17.6. The van der Waals surface area contributed by atoms with Crippen LogP contribution in [0.3, 0.4) is 0 Å². The van der Waals surface area contributed by atoms with Crippen molar-refractivity contribution in [3.05, 3.63) is 66.3 Å². The number of aldehydes is 1. The average molecular weight is 900 g/mol. The highest BCUT2D eigenvalue weighted by Gasteiger charge is 2.32. The van der Waals surface area contributed by atoms with Crippen molar-refractivity contribution in [1.29, 1.82) is 0 Å². The molecule has 0 spiro atoms. The molecule has 3 aliphatic rings. The van der Waals surface area contributed by atoms with Gasteiger partial charge in [-0.05, 0) is 89.4 Å². The number of nitrogens with zero attached hydrogens (tertiary/aromatic N) is 8. The summed E-state index contributed by atoms with van der Waals surface area (Å²) < 4.78 is 23.5. The van der Waals surface area contributed by atoms with Gasteiger partial charge in [-0.1, -0.05) is 56.2 Å². The van der Waals surface area contributed by atoms with Crippen LogP contribution in [0, 0.1) is 0 Å². The molecule has 3 aromatic heterocycles. The average Bonchev–Trinajstić information content (AvgIpc) is 3.98. The number of rotatable bonds is 18. The number of piperidine rings is 1. The van der Waals surface area contributed by atoms with E-state index in [1.54, 1.807) is 42.2 Å². The van der Waals surface area contributed by atoms with Crippen LogP contribution in [0.4, 0.5) is 21.7 Å². The fourth-order valence-corrected chi connectivity index (χ4v) is 10.2. The van der Waals surface area contributed by atoms with Gasteiger partial charge in [0.15, 0.2) is 5.75 Å². The minimum absolute atomic E-state index is 0.0670. The smallest absolute Gasteiger partial charge is 0.243 e. The van der Waals surface area contributed by atoms with Crippen molar-refractivity contribution in [1.82, 2.24) is 40.0 Å². The minimum Gasteiger partial charge on any atom is -0.485 e. The molecule has 5 unspecified atom stereocenters. The SMILES string of the molecule is CCC.CNC(=O)CCC(C=O)N(C)c1cccc(C2CCN(CC3=CC(SC4C=CC(Nc5nc6c(OC(C)C)c(-c7cn[nH]c7)ncn6n5)C(F)C4)CCC3)CC2)c1N(C)C=O. The second kappa shape index (κ2) is 23.1. The molecule has 0 saturated carbocycles. The predicted octanol–water partition coefficient (Wildman–Crippen LogP) is 7.38. The standard InChI is InChI=1S/C44H58FN11O4S.C3H8/c1-28(2)60-42-40(31-22-48-49-23-31)47-26-56-43(42)51-44(52-56)50-37-14-13-34(21-36(37)45)61-33-9-6-8-29(20-33)24-55-18-16-30(17-19-55)35-10-7-11-38(41(35)53(4)27-58)54(5)32(25-57)12-15-39(59)46-3;1-3-2/h7,10-11,13-14,20,22-23,25-28,30,32-34,36-37H,6,8-9,12,15-19,21,24H2,1-5H3,(H,46,59)(H,48,49)(H,50,52);3H2,1-2H3. The Labute approximate surface area is 381 Å². The Morgan fingerprint density at radius 2 is 1.91 bits per heavy atom. The molecule has 3 N–H and O–H groups in total. The van der Waals surface area contributed by atoms with Crippen LogP contribution in [0.2, 0.25) is 0 Å². The molecule has 0 radical (unpaired) electrons. The van der Waals surface area contributed by atoms with E-state index in [0.717, 1.165) is 86.9 Å². The van der Waals surface area contributed by atoms with Crippen molar-refractivity contribution in [2.75, 3.05) is 55.9 Å². The highest BCUT2D eigenvalue weighted by atomic mass is 32.2. The second-order valence-corrected chi connectivity index (χ2v) is 18.7. The van der Waals surface area contributed by atoms with E-state index < -0.39 is 18.3 Å². The fourth-order valence-electron chi connectivity index (χ4n) is 8.67. The topological polar surface area (TPSA) is 166 Å². The van der Waals surface area contributed by atoms with Crippen molar-refractivity contribution in [3.8, 4) is 17.0 Å². The van der Waals surface area contributed by atoms with Crippen molar-refractivity contribution in [3.63, 3.8) is 0 Å². The van der Waals surface area contributed by atoms with Gasteiger partial charge in [-0.2, -0.15) is 14.6 Å². The zero-order valence-corrected chi connectivity index (χ0v) is 39.2. The normalized spacial score (nSPS) is 20.8. The Morgan fingerprint density at radius 1 is 1.12 bits per heavy atom. The number of likely N-dealkylation sites (N-methyl/N-ethyl adjacent to an activating group) is 1. The number of para-hydroxylation sites is 1. The maximum absolute atomic E-state index is 15.8. The molecule has 0 bridgehead atoms. The first kappa shape index (κ1) is 48.2. The van der Waals surface area contributed by atoms with Crippen LogP contribution in [0.1, 0.15) is 97.0 Å². The summed E-state index contributed by atoms with van der Waals surface area (Å²) in [5.41, 5.74) is 6.02. The molecule has 1 aliphatic heterocycles. The molecule has 4 heterocycles. The lowest BCUT2D eigenvalue weighted by Gasteiger charge is -2.37. The third-order valence-electron chi connectivity index (χ3n) is 11.9. The summed E-state index contributed by atoms with van der Waals surface area (Å²) in [4.78, 5) is 51.5. The number of aromatic nitrogens is 6. The van der Waals surface area contributed by atoms with Crippen molar-refractivity contribution >= 4 is 53.3 Å². The molecule has 1 aromatic carbocycles. The van der Waals surface area contributed by atoms with E-state index in [0.29, 0.717) is 41.1 Å². The lowest BCUT2D eigenvalue weighted by atomic mass is 9.87. The van der Waals surface area contributed by atoms with E-state index in [2.05, 4.69) is 72.9 Å². The van der Waals surface area contributed by atoms with Crippen molar-refractivity contribution in [2.24, 2.45) is 0 Å². The van der Waals surface area contributed by atoms with Crippen LogP contribution >= 0.6 is 11.8 Å². The van der Waals surface area contributed by atoms with E-state index in [1.807, 2.05) is 55.8 Å². The van der Waals surface area contributed by atoms with E-state index in [-0.39, 0.29) is 29.6 Å². The Kier molecular flexibility index (Phi) is 17.4. The van der Waals surface area contributed by atoms with E-state index in [9.17, 15) is 14.4 Å². The predicted molar refractivity (Wildman–Crippen MR) is 254 cm³/mol. The number of nitrogens with one attached hydrogen (secondary N) is 3. The number of carbonyl (C=O) groups is 3. The van der Waals surface area contributed by atoms with Gasteiger partial charge in [0.2, 0.25) is 23.9 Å². The summed E-state index contributed by atoms with van der Waals surface area (Å²) in [6, 6.07) is 4.98. The number of benzene rings is 1. The van der Waals surface area contributed by atoms with Crippen molar-refractivity contribution < 1.29 is 23.5 Å². The number of fused-ring (bicyclic) bond motifs is 1. The molecule has 1 saturated heterocycles. The van der Waals surface area contributed by atoms with Gasteiger partial charge in [0, 0.05) is 56.4 Å². The van der Waals surface area contributed by atoms with E-state index in [4.69, 9.17) is 4.74 Å². The summed E-state index contributed by atoms with van der Waals surface area (Å²) >= 11 is 1.85. The lowest BCUT2D eigenvalue weighted by molar-refractivity contribution is -0.120. The Morgan fingerprint density at radius 3 is 2.58 bits per heavy atom. The molecule has 2 aliphatic carbocycles. The monoisotopic (exact) mass is 900 g/mol. The first-order chi connectivity index (χ1) is 31.0. The molecule has 2 amide bonds. The molecular formula is C47H66FN11O4S. The van der Waals surface area contributed by atoms with E-state index in [1.165, 1.54) is 12.0 Å². The van der Waals surface area contributed by atoms with Gasteiger partial charge in [0.1, 0.15) is 24.5 Å². The lowest BCUT2D eigenvalue weighted by Crippen LogP contribution is -2.37. The number of anilines is 3. The van der Waals surface area contributed by atoms with Gasteiger partial charge in [0.05, 0.1) is 35.8 Å². The Bertz CT molecular complexity index is 2210. The summed E-state index contributed by atoms with van der Waals surface area (Å²) in [6.07, 6.45) is 19.4. The van der Waals surface area contributed by atoms with Crippen LogP contribution in [-0.4, -0.2) is 129 Å². The van der Waals surface area contributed by atoms with Gasteiger partial charge < -0.3 is 30.0 Å². The molecule has 15 nitrogen and oxygen atoms in total. The maximum Gasteiger partial charge on any atom is 0.243 e. The van der Waals surface area contributed by atoms with Crippen LogP contribution in [0.15, 0.2) is 60.7 Å². The number of hydrogen-bond donors (Lipinski definition) is 3. The number of ether oxygens (including phenoxy) is 1. The molecule has 64 heavy (non-hydrogen) atoms. The Balaban J connectivity index is 0.00000220. The van der Waals surface area contributed by atoms with Crippen LogP contribution in [0.25, 0.3) is 16.9 Å². The largest absolute Gasteiger partial charge is 0.485 e. The molecule has 1 fully saturated rings. The highest BCUT2D eigenvalue weighted by molar-refractivity contribution is 8.00. The van der Waals surface area contributed by atoms with Crippen LogP contribution < -0.4 is 25.2 Å². The molecule has 7 rings (SSSR count). The number of hydrogen-bond acceptors (Lipinski definition) is 12.